The van der Waals surface area contributed by atoms with Gasteiger partial charge in [0.15, 0.2) is 6.61 Å². The summed E-state index contributed by atoms with van der Waals surface area (Å²) in [4.78, 5) is 35.6. The quantitative estimate of drug-likeness (QED) is 0.554. The summed E-state index contributed by atoms with van der Waals surface area (Å²) in [6.07, 6.45) is 1.47. The lowest BCUT2D eigenvalue weighted by Crippen LogP contribution is -2.41. The molecule has 0 spiro atoms. The maximum Gasteiger partial charge on any atom is 0.338 e. The molecule has 8 nitrogen and oxygen atoms in total. The van der Waals surface area contributed by atoms with E-state index in [4.69, 9.17) is 9.15 Å². The first-order chi connectivity index (χ1) is 14.0. The lowest BCUT2D eigenvalue weighted by atomic mass is 10.0. The first-order valence-corrected chi connectivity index (χ1v) is 8.68. The number of furan rings is 1. The van der Waals surface area contributed by atoms with Crippen LogP contribution >= 0.6 is 0 Å². The zero-order valence-corrected chi connectivity index (χ0v) is 15.3. The van der Waals surface area contributed by atoms with Crippen molar-refractivity contribution in [1.29, 1.82) is 0 Å². The van der Waals surface area contributed by atoms with Crippen LogP contribution in [0, 0.1) is 0 Å². The van der Waals surface area contributed by atoms with Crippen molar-refractivity contribution in [3.63, 3.8) is 0 Å². The monoisotopic (exact) mass is 394 g/mol. The molecule has 3 aromatic rings. The van der Waals surface area contributed by atoms with Crippen LogP contribution in [-0.4, -0.2) is 29.6 Å². The molecule has 1 aromatic heterocycles. The average molecular weight is 394 g/mol. The van der Waals surface area contributed by atoms with Gasteiger partial charge in [-0.25, -0.2) is 9.59 Å². The molecule has 0 atom stereocenters. The number of carbonyl (C=O) groups is 3. The lowest BCUT2D eigenvalue weighted by molar-refractivity contribution is -0.123. The van der Waals surface area contributed by atoms with Gasteiger partial charge in [-0.15, -0.1) is 0 Å². The number of phenolic OH excluding ortho intramolecular Hbond substituents is 1. The van der Waals surface area contributed by atoms with Crippen LogP contribution in [-0.2, 0) is 16.1 Å². The number of benzene rings is 2. The third-order valence-corrected chi connectivity index (χ3v) is 3.89. The standard InChI is InChI=1S/C21H18N2O6/c24-17-8-6-14(7-9-17)15-3-1-4-16(11-15)20(26)29-13-19(25)23-21(27)22-12-18-5-2-10-28-18/h1-11,24H,12-13H2,(H2,22,23,25,27). The zero-order chi connectivity index (χ0) is 20.6. The number of imide groups is 1. The predicted molar refractivity (Wildman–Crippen MR) is 103 cm³/mol. The molecule has 3 rings (SSSR count). The highest BCUT2D eigenvalue weighted by Gasteiger charge is 2.13. The number of hydrogen-bond acceptors (Lipinski definition) is 6. The Kier molecular flexibility index (Phi) is 6.26. The third-order valence-electron chi connectivity index (χ3n) is 3.89. The molecule has 0 fully saturated rings. The lowest BCUT2D eigenvalue weighted by Gasteiger charge is -2.08. The van der Waals surface area contributed by atoms with Gasteiger partial charge in [0.2, 0.25) is 0 Å². The maximum absolute atomic E-state index is 12.2. The van der Waals surface area contributed by atoms with Gasteiger partial charge in [-0.3, -0.25) is 10.1 Å². The molecule has 0 aliphatic heterocycles. The van der Waals surface area contributed by atoms with Crippen LogP contribution in [0.5, 0.6) is 5.75 Å². The molecule has 3 N–H and O–H groups in total. The fourth-order valence-corrected chi connectivity index (χ4v) is 2.48. The average Bonchev–Trinajstić information content (AvgIpc) is 3.25. The van der Waals surface area contributed by atoms with E-state index in [2.05, 4.69) is 10.6 Å². The molecule has 148 valence electrons. The van der Waals surface area contributed by atoms with E-state index in [1.807, 2.05) is 0 Å². The molecule has 2 aromatic carbocycles. The summed E-state index contributed by atoms with van der Waals surface area (Å²) in [6.45, 7) is -0.480. The topological polar surface area (TPSA) is 118 Å². The Morgan fingerprint density at radius 2 is 1.76 bits per heavy atom. The number of hydrogen-bond donors (Lipinski definition) is 3. The SMILES string of the molecule is O=C(COC(=O)c1cccc(-c2ccc(O)cc2)c1)NC(=O)NCc1ccco1. The summed E-state index contributed by atoms with van der Waals surface area (Å²) in [5, 5.41) is 13.9. The Hall–Kier alpha value is -4.07. The number of nitrogens with one attached hydrogen (secondary N) is 2. The molecule has 3 amide bonds. The Bertz CT molecular complexity index is 996. The zero-order valence-electron chi connectivity index (χ0n) is 15.3. The maximum atomic E-state index is 12.2. The van der Waals surface area contributed by atoms with Gasteiger partial charge >= 0.3 is 12.0 Å². The molecule has 0 aliphatic rings. The molecule has 1 heterocycles. The molecular weight excluding hydrogens is 376 g/mol. The van der Waals surface area contributed by atoms with Crippen LogP contribution in [0.2, 0.25) is 0 Å². The van der Waals surface area contributed by atoms with Gasteiger partial charge in [0.25, 0.3) is 5.91 Å². The number of amides is 3. The number of esters is 1. The van der Waals surface area contributed by atoms with Crippen LogP contribution in [0.15, 0.2) is 71.3 Å². The number of phenols is 1. The molecule has 0 aliphatic carbocycles. The van der Waals surface area contributed by atoms with Crippen molar-refractivity contribution in [2.24, 2.45) is 0 Å². The molecule has 0 radical (unpaired) electrons. The second-order valence-corrected chi connectivity index (χ2v) is 6.01. The summed E-state index contributed by atoms with van der Waals surface area (Å²) in [7, 11) is 0. The van der Waals surface area contributed by atoms with Crippen molar-refractivity contribution in [2.45, 2.75) is 6.54 Å². The van der Waals surface area contributed by atoms with Crippen molar-refractivity contribution in [1.82, 2.24) is 10.6 Å². The summed E-state index contributed by atoms with van der Waals surface area (Å²) in [5.41, 5.74) is 1.82. The first-order valence-electron chi connectivity index (χ1n) is 8.68. The van der Waals surface area contributed by atoms with Crippen molar-refractivity contribution >= 4 is 17.9 Å². The first kappa shape index (κ1) is 19.7. The Balaban J connectivity index is 1.49. The third kappa shape index (κ3) is 5.70. The van der Waals surface area contributed by atoms with Gasteiger partial charge in [-0.05, 0) is 47.5 Å². The molecule has 29 heavy (non-hydrogen) atoms. The highest BCUT2D eigenvalue weighted by Crippen LogP contribution is 2.23. The summed E-state index contributed by atoms with van der Waals surface area (Å²) >= 11 is 0. The molecule has 0 saturated carbocycles. The minimum Gasteiger partial charge on any atom is -0.508 e. The van der Waals surface area contributed by atoms with Gasteiger partial charge in [0.05, 0.1) is 18.4 Å². The van der Waals surface area contributed by atoms with Gasteiger partial charge < -0.3 is 19.6 Å². The van der Waals surface area contributed by atoms with E-state index in [9.17, 15) is 19.5 Å². The molecular formula is C21H18N2O6. The Labute approximate surface area is 166 Å². The highest BCUT2D eigenvalue weighted by molar-refractivity contribution is 5.97. The minimum absolute atomic E-state index is 0.121. The molecule has 0 saturated heterocycles. The van der Waals surface area contributed by atoms with Crippen molar-refractivity contribution in [3.05, 3.63) is 78.3 Å². The van der Waals surface area contributed by atoms with Crippen LogP contribution in [0.3, 0.4) is 0 Å². The van der Waals surface area contributed by atoms with E-state index in [0.29, 0.717) is 5.76 Å². The second kappa shape index (κ2) is 9.23. The van der Waals surface area contributed by atoms with E-state index in [1.54, 1.807) is 60.7 Å². The van der Waals surface area contributed by atoms with Crippen molar-refractivity contribution < 1.29 is 28.6 Å². The normalized spacial score (nSPS) is 10.2. The Morgan fingerprint density at radius 1 is 0.966 bits per heavy atom. The van der Waals surface area contributed by atoms with Gasteiger partial charge in [-0.2, -0.15) is 0 Å². The fourth-order valence-electron chi connectivity index (χ4n) is 2.48. The summed E-state index contributed by atoms with van der Waals surface area (Å²) in [5.74, 6) is -0.780. The summed E-state index contributed by atoms with van der Waals surface area (Å²) < 4.78 is 10.0. The molecule has 0 bridgehead atoms. The smallest absolute Gasteiger partial charge is 0.338 e. The highest BCUT2D eigenvalue weighted by atomic mass is 16.5. The predicted octanol–water partition coefficient (Wildman–Crippen LogP) is 2.84. The fraction of sp³-hybridized carbons (Fsp3) is 0.0952. The van der Waals surface area contributed by atoms with E-state index >= 15 is 0 Å². The molecule has 8 heteroatoms. The molecule has 0 unspecified atom stereocenters. The van der Waals surface area contributed by atoms with Crippen LogP contribution in [0.25, 0.3) is 11.1 Å². The number of ether oxygens (including phenoxy) is 1. The minimum atomic E-state index is -0.759. The second-order valence-electron chi connectivity index (χ2n) is 6.01. The van der Waals surface area contributed by atoms with E-state index in [1.165, 1.54) is 6.26 Å². The largest absolute Gasteiger partial charge is 0.508 e. The number of urea groups is 1. The van der Waals surface area contributed by atoms with Gasteiger partial charge in [0.1, 0.15) is 11.5 Å². The van der Waals surface area contributed by atoms with Crippen LogP contribution < -0.4 is 10.6 Å². The van der Waals surface area contributed by atoms with Gasteiger partial charge in [0, 0.05) is 0 Å². The van der Waals surface area contributed by atoms with Crippen LogP contribution in [0.4, 0.5) is 4.79 Å². The van der Waals surface area contributed by atoms with Crippen LogP contribution in [0.1, 0.15) is 16.1 Å². The Morgan fingerprint density at radius 3 is 2.48 bits per heavy atom. The van der Waals surface area contributed by atoms with Crippen molar-refractivity contribution in [2.75, 3.05) is 6.61 Å². The van der Waals surface area contributed by atoms with E-state index in [0.717, 1.165) is 11.1 Å². The number of carbonyl (C=O) groups excluding carboxylic acids is 3. The van der Waals surface area contributed by atoms with Crippen molar-refractivity contribution in [3.8, 4) is 16.9 Å². The number of aromatic hydroxyl groups is 1. The summed E-state index contributed by atoms with van der Waals surface area (Å²) in [6, 6.07) is 15.8. The van der Waals surface area contributed by atoms with E-state index < -0.39 is 24.5 Å². The number of rotatable bonds is 6. The van der Waals surface area contributed by atoms with Gasteiger partial charge in [-0.1, -0.05) is 24.3 Å². The van der Waals surface area contributed by atoms with E-state index in [-0.39, 0.29) is 17.9 Å².